The van der Waals surface area contributed by atoms with Crippen molar-refractivity contribution in [2.75, 3.05) is 7.11 Å². The van der Waals surface area contributed by atoms with Gasteiger partial charge in [0, 0.05) is 5.39 Å². The van der Waals surface area contributed by atoms with Gasteiger partial charge in [0.15, 0.2) is 5.16 Å². The fourth-order valence-electron chi connectivity index (χ4n) is 3.50. The smallest absolute Gasteiger partial charge is 0.337 e. The van der Waals surface area contributed by atoms with Crippen LogP contribution in [0, 0.1) is 0 Å². The molecule has 0 aliphatic heterocycles. The van der Waals surface area contributed by atoms with Crippen molar-refractivity contribution in [1.29, 1.82) is 0 Å². The molecule has 0 saturated heterocycles. The maximum atomic E-state index is 11.7. The van der Waals surface area contributed by atoms with Crippen LogP contribution < -0.4 is 4.74 Å². The highest BCUT2D eigenvalue weighted by molar-refractivity contribution is 8.22. The summed E-state index contributed by atoms with van der Waals surface area (Å²) in [4.78, 5) is 19.4. The van der Waals surface area contributed by atoms with Crippen molar-refractivity contribution < 1.29 is 14.3 Å². The van der Waals surface area contributed by atoms with E-state index in [1.165, 1.54) is 24.3 Å². The summed E-state index contributed by atoms with van der Waals surface area (Å²) in [5.74, 6) is 0.304. The van der Waals surface area contributed by atoms with Gasteiger partial charge in [-0.1, -0.05) is 36.4 Å². The summed E-state index contributed by atoms with van der Waals surface area (Å²) in [5.41, 5.74) is 1.91. The van der Waals surface area contributed by atoms with Crippen molar-refractivity contribution in [2.45, 2.75) is 5.16 Å². The third-order valence-electron chi connectivity index (χ3n) is 4.96. The molecule has 5 rings (SSSR count). The molecule has 0 unspecified atom stereocenters. The first kappa shape index (κ1) is 19.5. The Balaban J connectivity index is 1.41. The Hall–Kier alpha value is -3.42. The molecule has 0 aliphatic carbocycles. The number of rotatable bonds is 3. The van der Waals surface area contributed by atoms with Crippen molar-refractivity contribution in [3.63, 3.8) is 0 Å². The number of hydrogen-bond donors (Lipinski definition) is 1. The van der Waals surface area contributed by atoms with Crippen molar-refractivity contribution in [3.8, 4) is 5.75 Å². The number of esters is 1. The Labute approximate surface area is 187 Å². The largest absolute Gasteiger partial charge is 0.465 e. The van der Waals surface area contributed by atoms with Gasteiger partial charge in [0.1, 0.15) is 5.75 Å². The van der Waals surface area contributed by atoms with Crippen LogP contribution in [0.3, 0.4) is 0 Å². The lowest BCUT2D eigenvalue weighted by molar-refractivity contribution is 0.0601. The average molecular weight is 445 g/mol. The average Bonchev–Trinajstić information content (AvgIpc) is 3.18. The number of methoxy groups -OCH3 is 1. The molecule has 5 nitrogen and oxygen atoms in total. The van der Waals surface area contributed by atoms with Crippen LogP contribution in [0.4, 0.5) is 0 Å². The van der Waals surface area contributed by atoms with Crippen molar-refractivity contribution in [1.82, 2.24) is 9.97 Å². The number of aromatic amines is 1. The maximum absolute atomic E-state index is 11.7. The fraction of sp³-hybridized carbons (Fsp3) is 0.0417. The van der Waals surface area contributed by atoms with Crippen LogP contribution in [0.25, 0.3) is 32.6 Å². The number of carbonyl (C=O) groups is 1. The zero-order valence-corrected chi connectivity index (χ0v) is 18.0. The van der Waals surface area contributed by atoms with E-state index in [0.717, 1.165) is 27.2 Å². The number of benzene rings is 4. The number of ether oxygens (including phenoxy) is 2. The Bertz CT molecular complexity index is 1480. The summed E-state index contributed by atoms with van der Waals surface area (Å²) in [5, 5.41) is 4.99. The summed E-state index contributed by atoms with van der Waals surface area (Å²) in [7, 11) is 1.35. The zero-order valence-electron chi connectivity index (χ0n) is 16.4. The number of H-pyrrole nitrogens is 1. The summed E-state index contributed by atoms with van der Waals surface area (Å²) < 4.78 is 11.1. The Morgan fingerprint density at radius 3 is 2.55 bits per heavy atom. The molecule has 0 bridgehead atoms. The molecular weight excluding hydrogens is 428 g/mol. The molecule has 0 radical (unpaired) electrons. The molecule has 0 aliphatic rings. The van der Waals surface area contributed by atoms with Crippen LogP contribution in [0.2, 0.25) is 0 Å². The molecule has 1 aromatic heterocycles. The van der Waals surface area contributed by atoms with Crippen LogP contribution in [0.5, 0.6) is 5.75 Å². The van der Waals surface area contributed by atoms with E-state index in [4.69, 9.17) is 21.7 Å². The second kappa shape index (κ2) is 8.02. The molecule has 7 heteroatoms. The number of carbonyl (C=O) groups excluding carboxylic acids is 1. The van der Waals surface area contributed by atoms with E-state index in [2.05, 4.69) is 40.3 Å². The highest BCUT2D eigenvalue weighted by atomic mass is 32.2. The quantitative estimate of drug-likeness (QED) is 0.157. The highest BCUT2D eigenvalue weighted by Crippen LogP contribution is 2.32. The molecule has 1 N–H and O–H groups in total. The lowest BCUT2D eigenvalue weighted by Gasteiger charge is -2.10. The second-order valence-electron chi connectivity index (χ2n) is 6.90. The Morgan fingerprint density at radius 1 is 0.968 bits per heavy atom. The third-order valence-corrected chi connectivity index (χ3v) is 5.93. The first-order valence-corrected chi connectivity index (χ1v) is 10.7. The van der Waals surface area contributed by atoms with Crippen LogP contribution >= 0.6 is 24.0 Å². The fourth-order valence-corrected chi connectivity index (χ4v) is 4.42. The van der Waals surface area contributed by atoms with Crippen molar-refractivity contribution in [2.24, 2.45) is 0 Å². The van der Waals surface area contributed by atoms with E-state index in [0.29, 0.717) is 20.9 Å². The molecular formula is C24H16N2O3S2. The van der Waals surface area contributed by atoms with Crippen LogP contribution in [0.15, 0.2) is 78.0 Å². The summed E-state index contributed by atoms with van der Waals surface area (Å²) in [6.45, 7) is 0. The predicted octanol–water partition coefficient (Wildman–Crippen LogP) is 6.11. The van der Waals surface area contributed by atoms with Gasteiger partial charge in [-0.15, -0.1) is 0 Å². The number of aromatic nitrogens is 2. The number of nitrogens with one attached hydrogen (secondary N) is 1. The summed E-state index contributed by atoms with van der Waals surface area (Å²) >= 11 is 6.70. The van der Waals surface area contributed by atoms with Gasteiger partial charge in [-0.3, -0.25) is 0 Å². The SMILES string of the molecule is COC(=O)c1ccc2nc(SC(=S)Oc3cccc4cc5ccccc5cc34)[nH]c2c1. The highest BCUT2D eigenvalue weighted by Gasteiger charge is 2.13. The Kier molecular flexibility index (Phi) is 5.05. The van der Waals surface area contributed by atoms with Crippen molar-refractivity contribution in [3.05, 3.63) is 78.4 Å². The van der Waals surface area contributed by atoms with Gasteiger partial charge in [-0.25, -0.2) is 9.78 Å². The molecule has 31 heavy (non-hydrogen) atoms. The van der Waals surface area contributed by atoms with Gasteiger partial charge >= 0.3 is 5.97 Å². The number of fused-ring (bicyclic) bond motifs is 3. The van der Waals surface area contributed by atoms with E-state index in [-0.39, 0.29) is 0 Å². The van der Waals surface area contributed by atoms with Crippen LogP contribution in [-0.4, -0.2) is 27.4 Å². The van der Waals surface area contributed by atoms with Gasteiger partial charge in [0.25, 0.3) is 0 Å². The number of thiocarbonyl (C=S) groups is 1. The van der Waals surface area contributed by atoms with Crippen molar-refractivity contribution >= 4 is 66.9 Å². The normalized spacial score (nSPS) is 11.1. The first-order valence-electron chi connectivity index (χ1n) is 9.50. The minimum absolute atomic E-state index is 0.327. The lowest BCUT2D eigenvalue weighted by atomic mass is 10.0. The van der Waals surface area contributed by atoms with Gasteiger partial charge in [-0.05, 0) is 76.5 Å². The zero-order chi connectivity index (χ0) is 21.4. The lowest BCUT2D eigenvalue weighted by Crippen LogP contribution is -2.01. The van der Waals surface area contributed by atoms with E-state index >= 15 is 0 Å². The Morgan fingerprint density at radius 2 is 1.74 bits per heavy atom. The molecule has 1 heterocycles. The topological polar surface area (TPSA) is 64.2 Å². The third kappa shape index (κ3) is 3.85. The van der Waals surface area contributed by atoms with E-state index in [9.17, 15) is 4.79 Å². The minimum Gasteiger partial charge on any atom is -0.465 e. The van der Waals surface area contributed by atoms with Gasteiger partial charge in [0.2, 0.25) is 4.38 Å². The van der Waals surface area contributed by atoms with Gasteiger partial charge < -0.3 is 14.5 Å². The molecule has 152 valence electrons. The second-order valence-corrected chi connectivity index (χ2v) is 8.49. The molecule has 4 aromatic carbocycles. The number of nitrogens with zero attached hydrogens (tertiary/aromatic N) is 1. The number of thioether (sulfide) groups is 1. The van der Waals surface area contributed by atoms with Crippen LogP contribution in [-0.2, 0) is 4.74 Å². The standard InChI is InChI=1S/C24H16N2O3S2/c1-28-22(27)17-9-10-19-20(13-17)26-23(25-19)31-24(30)29-21-8-4-7-16-11-14-5-2-3-6-15(14)12-18(16)21/h2-13H,1H3,(H,25,26). The monoisotopic (exact) mass is 444 g/mol. The number of imidazole rings is 1. The molecule has 0 fully saturated rings. The molecule has 0 spiro atoms. The van der Waals surface area contributed by atoms with Gasteiger partial charge in [0.05, 0.1) is 23.7 Å². The first-order chi connectivity index (χ1) is 15.1. The predicted molar refractivity (Wildman–Crippen MR) is 128 cm³/mol. The molecule has 0 amide bonds. The molecule has 5 aromatic rings. The van der Waals surface area contributed by atoms with E-state index in [1.54, 1.807) is 18.2 Å². The summed E-state index contributed by atoms with van der Waals surface area (Å²) in [6, 6.07) is 23.6. The maximum Gasteiger partial charge on any atom is 0.337 e. The molecule has 0 atom stereocenters. The van der Waals surface area contributed by atoms with Gasteiger partial charge in [-0.2, -0.15) is 0 Å². The summed E-state index contributed by atoms with van der Waals surface area (Å²) in [6.07, 6.45) is 0. The van der Waals surface area contributed by atoms with Crippen LogP contribution in [0.1, 0.15) is 10.4 Å². The van der Waals surface area contributed by atoms with E-state index in [1.807, 2.05) is 24.3 Å². The van der Waals surface area contributed by atoms with E-state index < -0.39 is 5.97 Å². The minimum atomic E-state index is -0.395. The number of hydrogen-bond acceptors (Lipinski definition) is 6. The molecule has 0 saturated carbocycles.